The average molecular weight is 208 g/mol. The van der Waals surface area contributed by atoms with Gasteiger partial charge in [-0.1, -0.05) is 32.9 Å². The molecular weight excluding hydrogens is 192 g/mol. The van der Waals surface area contributed by atoms with Gasteiger partial charge in [-0.25, -0.2) is 0 Å². The highest BCUT2D eigenvalue weighted by Gasteiger charge is 2.23. The van der Waals surface area contributed by atoms with E-state index in [1.54, 1.807) is 6.07 Å². The van der Waals surface area contributed by atoms with E-state index < -0.39 is 4.92 Å². The van der Waals surface area contributed by atoms with Gasteiger partial charge >= 0.3 is 0 Å². The van der Waals surface area contributed by atoms with Crippen molar-refractivity contribution in [3.63, 3.8) is 0 Å². The largest absolute Gasteiger partial charge is 0.324 e. The Hall–Kier alpha value is -1.42. The smallest absolute Gasteiger partial charge is 0.269 e. The lowest BCUT2D eigenvalue weighted by molar-refractivity contribution is -0.384. The third-order valence-corrected chi connectivity index (χ3v) is 2.37. The summed E-state index contributed by atoms with van der Waals surface area (Å²) in [6.07, 6.45) is 0. The molecule has 0 radical (unpaired) electrons. The minimum absolute atomic E-state index is 0.0900. The highest BCUT2D eigenvalue weighted by atomic mass is 16.6. The second-order valence-electron chi connectivity index (χ2n) is 4.70. The zero-order chi connectivity index (χ0) is 11.6. The van der Waals surface area contributed by atoms with Gasteiger partial charge in [0, 0.05) is 18.2 Å². The van der Waals surface area contributed by atoms with Crippen LogP contribution in [0.25, 0.3) is 0 Å². The normalized spacial score (nSPS) is 13.6. The number of benzene rings is 1. The highest BCUT2D eigenvalue weighted by molar-refractivity contribution is 5.36. The summed E-state index contributed by atoms with van der Waals surface area (Å²) >= 11 is 0. The average Bonchev–Trinajstić information content (AvgIpc) is 2.15. The molecule has 1 aromatic rings. The molecule has 0 saturated heterocycles. The Morgan fingerprint density at radius 2 is 2.00 bits per heavy atom. The van der Waals surface area contributed by atoms with Gasteiger partial charge in [-0.2, -0.15) is 0 Å². The fourth-order valence-corrected chi connectivity index (χ4v) is 1.33. The zero-order valence-corrected chi connectivity index (χ0v) is 9.23. The maximum atomic E-state index is 10.6. The van der Waals surface area contributed by atoms with Crippen molar-refractivity contribution in [3.05, 3.63) is 39.9 Å². The number of hydrogen-bond acceptors (Lipinski definition) is 3. The lowest BCUT2D eigenvalue weighted by Crippen LogP contribution is -2.26. The van der Waals surface area contributed by atoms with E-state index in [1.807, 2.05) is 26.8 Å². The van der Waals surface area contributed by atoms with E-state index in [-0.39, 0.29) is 17.1 Å². The second-order valence-corrected chi connectivity index (χ2v) is 4.70. The van der Waals surface area contributed by atoms with Crippen LogP contribution >= 0.6 is 0 Å². The Bertz CT molecular complexity index is 369. The van der Waals surface area contributed by atoms with Crippen LogP contribution in [-0.4, -0.2) is 4.92 Å². The molecule has 0 fully saturated rings. The molecule has 2 N–H and O–H groups in total. The fraction of sp³-hybridized carbons (Fsp3) is 0.455. The molecule has 0 saturated carbocycles. The maximum absolute atomic E-state index is 10.6. The van der Waals surface area contributed by atoms with Crippen molar-refractivity contribution in [3.8, 4) is 0 Å². The Morgan fingerprint density at radius 3 is 2.47 bits per heavy atom. The summed E-state index contributed by atoms with van der Waals surface area (Å²) < 4.78 is 0. The van der Waals surface area contributed by atoms with Crippen LogP contribution in [0.1, 0.15) is 32.4 Å². The summed E-state index contributed by atoms with van der Waals surface area (Å²) in [7, 11) is 0. The molecule has 0 spiro atoms. The molecule has 0 heterocycles. The number of nitro benzene ring substituents is 1. The van der Waals surface area contributed by atoms with Crippen molar-refractivity contribution in [2.75, 3.05) is 0 Å². The number of hydrogen-bond donors (Lipinski definition) is 1. The lowest BCUT2D eigenvalue weighted by atomic mass is 9.83. The van der Waals surface area contributed by atoms with Crippen LogP contribution in [0.5, 0.6) is 0 Å². The molecule has 0 bridgehead atoms. The molecule has 0 unspecified atom stereocenters. The first-order chi connectivity index (χ1) is 6.82. The summed E-state index contributed by atoms with van der Waals surface area (Å²) in [5, 5.41) is 10.6. The Balaban J connectivity index is 3.06. The minimum atomic E-state index is -0.404. The van der Waals surface area contributed by atoms with Crippen LogP contribution in [0.4, 0.5) is 5.69 Å². The maximum Gasteiger partial charge on any atom is 0.269 e. The molecule has 4 heteroatoms. The number of nitro groups is 1. The number of rotatable bonds is 2. The number of non-ortho nitro benzene ring substituents is 1. The van der Waals surface area contributed by atoms with Crippen molar-refractivity contribution in [1.82, 2.24) is 0 Å². The summed E-state index contributed by atoms with van der Waals surface area (Å²) in [4.78, 5) is 10.2. The quantitative estimate of drug-likeness (QED) is 0.600. The van der Waals surface area contributed by atoms with E-state index in [9.17, 15) is 10.1 Å². The van der Waals surface area contributed by atoms with Gasteiger partial charge < -0.3 is 5.73 Å². The van der Waals surface area contributed by atoms with Gasteiger partial charge in [-0.05, 0) is 11.0 Å². The minimum Gasteiger partial charge on any atom is -0.324 e. The van der Waals surface area contributed by atoms with Crippen molar-refractivity contribution < 1.29 is 4.92 Å². The van der Waals surface area contributed by atoms with E-state index in [0.29, 0.717) is 0 Å². The Kier molecular flexibility index (Phi) is 3.09. The molecule has 0 aliphatic carbocycles. The summed E-state index contributed by atoms with van der Waals surface area (Å²) in [5.74, 6) is 0. The van der Waals surface area contributed by atoms with Crippen LogP contribution in [0.3, 0.4) is 0 Å². The number of nitrogens with two attached hydrogens (primary N) is 1. The molecular formula is C11H16N2O2. The van der Waals surface area contributed by atoms with Gasteiger partial charge in [0.25, 0.3) is 5.69 Å². The molecule has 1 atom stereocenters. The molecule has 82 valence electrons. The van der Waals surface area contributed by atoms with Gasteiger partial charge in [0.1, 0.15) is 0 Å². The van der Waals surface area contributed by atoms with Crippen LogP contribution in [0.15, 0.2) is 24.3 Å². The molecule has 1 aromatic carbocycles. The molecule has 0 aromatic heterocycles. The summed E-state index contributed by atoms with van der Waals surface area (Å²) in [5.41, 5.74) is 6.81. The zero-order valence-electron chi connectivity index (χ0n) is 9.23. The highest BCUT2D eigenvalue weighted by Crippen LogP contribution is 2.31. The lowest BCUT2D eigenvalue weighted by Gasteiger charge is -2.27. The molecule has 0 aliphatic rings. The monoisotopic (exact) mass is 208 g/mol. The predicted octanol–water partition coefficient (Wildman–Crippen LogP) is 2.64. The van der Waals surface area contributed by atoms with Gasteiger partial charge in [0.2, 0.25) is 0 Å². The van der Waals surface area contributed by atoms with Crippen molar-refractivity contribution in [1.29, 1.82) is 0 Å². The topological polar surface area (TPSA) is 69.2 Å². The van der Waals surface area contributed by atoms with Crippen LogP contribution in [-0.2, 0) is 0 Å². The fourth-order valence-electron chi connectivity index (χ4n) is 1.33. The standard InChI is InChI=1S/C11H16N2O2/c1-11(2,3)10(12)8-5-4-6-9(7-8)13(14)15/h4-7,10H,12H2,1-3H3/t10-/m0/s1. The Morgan fingerprint density at radius 1 is 1.40 bits per heavy atom. The molecule has 0 amide bonds. The first-order valence-corrected chi connectivity index (χ1v) is 4.82. The van der Waals surface area contributed by atoms with E-state index in [4.69, 9.17) is 5.73 Å². The number of nitrogens with zero attached hydrogens (tertiary/aromatic N) is 1. The van der Waals surface area contributed by atoms with E-state index in [0.717, 1.165) is 5.56 Å². The Labute approximate surface area is 89.2 Å². The first-order valence-electron chi connectivity index (χ1n) is 4.82. The van der Waals surface area contributed by atoms with Crippen molar-refractivity contribution in [2.24, 2.45) is 11.1 Å². The predicted molar refractivity (Wildman–Crippen MR) is 59.5 cm³/mol. The summed E-state index contributed by atoms with van der Waals surface area (Å²) in [6.45, 7) is 6.03. The van der Waals surface area contributed by atoms with E-state index in [2.05, 4.69) is 0 Å². The molecule has 0 aliphatic heterocycles. The second kappa shape index (κ2) is 3.98. The SMILES string of the molecule is CC(C)(C)[C@@H](N)c1cccc([N+](=O)[O-])c1. The van der Waals surface area contributed by atoms with Gasteiger partial charge in [-0.3, -0.25) is 10.1 Å². The molecule has 4 nitrogen and oxygen atoms in total. The van der Waals surface area contributed by atoms with Crippen molar-refractivity contribution in [2.45, 2.75) is 26.8 Å². The van der Waals surface area contributed by atoms with Gasteiger partial charge in [0.05, 0.1) is 4.92 Å². The van der Waals surface area contributed by atoms with E-state index in [1.165, 1.54) is 12.1 Å². The van der Waals surface area contributed by atoms with Gasteiger partial charge in [0.15, 0.2) is 0 Å². The first kappa shape index (κ1) is 11.7. The van der Waals surface area contributed by atoms with Crippen LogP contribution in [0, 0.1) is 15.5 Å². The third kappa shape index (κ3) is 2.76. The van der Waals surface area contributed by atoms with Crippen molar-refractivity contribution >= 4 is 5.69 Å². The molecule has 15 heavy (non-hydrogen) atoms. The third-order valence-electron chi connectivity index (χ3n) is 2.37. The van der Waals surface area contributed by atoms with Gasteiger partial charge in [-0.15, -0.1) is 0 Å². The van der Waals surface area contributed by atoms with Crippen LogP contribution in [0.2, 0.25) is 0 Å². The molecule has 1 rings (SSSR count). The summed E-state index contributed by atoms with van der Waals surface area (Å²) in [6, 6.07) is 6.30. The van der Waals surface area contributed by atoms with Crippen LogP contribution < -0.4 is 5.73 Å². The van der Waals surface area contributed by atoms with E-state index >= 15 is 0 Å².